The first-order valence-electron chi connectivity index (χ1n) is 7.74. The van der Waals surface area contributed by atoms with Crippen molar-refractivity contribution >= 4 is 29.3 Å². The zero-order valence-electron chi connectivity index (χ0n) is 14.2. The number of hydrogen-bond donors (Lipinski definition) is 2. The summed E-state index contributed by atoms with van der Waals surface area (Å²) >= 11 is 0. The standard InChI is InChI=1S/C17H14FN3O7/c18-11-5-1-2-6-12(11)19-17(24)20-15(22)9-28-16(23)10-27-14-8-4-3-7-13(14)21(25)26/h1-8H,9-10H2,(H2,19,20,22,24). The zero-order valence-corrected chi connectivity index (χ0v) is 14.2. The molecule has 2 rings (SSSR count). The number of hydrogen-bond acceptors (Lipinski definition) is 7. The molecule has 0 radical (unpaired) electrons. The van der Waals surface area contributed by atoms with E-state index < -0.39 is 41.9 Å². The maximum absolute atomic E-state index is 13.4. The Morgan fingerprint density at radius 2 is 1.71 bits per heavy atom. The van der Waals surface area contributed by atoms with E-state index in [-0.39, 0.29) is 17.1 Å². The van der Waals surface area contributed by atoms with Gasteiger partial charge >= 0.3 is 17.7 Å². The molecule has 0 aromatic heterocycles. The second-order valence-electron chi connectivity index (χ2n) is 5.16. The summed E-state index contributed by atoms with van der Waals surface area (Å²) in [4.78, 5) is 44.9. The van der Waals surface area contributed by atoms with Crippen LogP contribution in [0.15, 0.2) is 48.5 Å². The Labute approximate surface area is 157 Å². The first kappa shape index (κ1) is 20.3. The van der Waals surface area contributed by atoms with Gasteiger partial charge in [-0.2, -0.15) is 0 Å². The van der Waals surface area contributed by atoms with E-state index in [9.17, 15) is 28.9 Å². The molecule has 0 aliphatic heterocycles. The summed E-state index contributed by atoms with van der Waals surface area (Å²) < 4.78 is 23.0. The number of rotatable bonds is 7. The van der Waals surface area contributed by atoms with Gasteiger partial charge in [0.2, 0.25) is 0 Å². The monoisotopic (exact) mass is 391 g/mol. The molecule has 146 valence electrons. The molecule has 2 aromatic carbocycles. The number of carbonyl (C=O) groups excluding carboxylic acids is 3. The molecule has 28 heavy (non-hydrogen) atoms. The van der Waals surface area contributed by atoms with Gasteiger partial charge in [-0.1, -0.05) is 24.3 Å². The molecular formula is C17H14FN3O7. The fourth-order valence-electron chi connectivity index (χ4n) is 1.93. The van der Waals surface area contributed by atoms with Gasteiger partial charge in [-0.15, -0.1) is 0 Å². The van der Waals surface area contributed by atoms with Gasteiger partial charge in [0.1, 0.15) is 5.82 Å². The van der Waals surface area contributed by atoms with E-state index in [1.165, 1.54) is 42.5 Å². The van der Waals surface area contributed by atoms with Gasteiger partial charge in [-0.25, -0.2) is 14.0 Å². The van der Waals surface area contributed by atoms with Gasteiger partial charge in [0.25, 0.3) is 5.91 Å². The van der Waals surface area contributed by atoms with Crippen molar-refractivity contribution in [1.29, 1.82) is 0 Å². The Balaban J connectivity index is 1.75. The van der Waals surface area contributed by atoms with Gasteiger partial charge in [-0.05, 0) is 18.2 Å². The summed E-state index contributed by atoms with van der Waals surface area (Å²) in [6.07, 6.45) is 0. The highest BCUT2D eigenvalue weighted by atomic mass is 19.1. The predicted octanol–water partition coefficient (Wildman–Crippen LogP) is 2.00. The SMILES string of the molecule is O=C(COC(=O)COc1ccccc1[N+](=O)[O-])NC(=O)Nc1ccccc1F. The number of para-hydroxylation sites is 3. The fourth-order valence-corrected chi connectivity index (χ4v) is 1.93. The molecule has 0 aliphatic carbocycles. The second-order valence-corrected chi connectivity index (χ2v) is 5.16. The van der Waals surface area contributed by atoms with E-state index in [4.69, 9.17) is 4.74 Å². The number of nitrogens with one attached hydrogen (secondary N) is 2. The maximum atomic E-state index is 13.4. The van der Waals surface area contributed by atoms with Crippen molar-refractivity contribution in [1.82, 2.24) is 5.32 Å². The number of amides is 3. The Hall–Kier alpha value is -4.02. The summed E-state index contributed by atoms with van der Waals surface area (Å²) in [6, 6.07) is 9.72. The Kier molecular flexibility index (Phi) is 6.97. The van der Waals surface area contributed by atoms with Crippen LogP contribution in [0.25, 0.3) is 0 Å². The fraction of sp³-hybridized carbons (Fsp3) is 0.118. The molecule has 2 aromatic rings. The smallest absolute Gasteiger partial charge is 0.344 e. The number of benzene rings is 2. The largest absolute Gasteiger partial charge is 0.475 e. The number of nitrogens with zero attached hydrogens (tertiary/aromatic N) is 1. The molecular weight excluding hydrogens is 377 g/mol. The number of nitro benzene ring substituents is 1. The van der Waals surface area contributed by atoms with E-state index in [0.717, 1.165) is 6.07 Å². The number of urea groups is 1. The average Bonchev–Trinajstić information content (AvgIpc) is 2.66. The minimum atomic E-state index is -1.01. The summed E-state index contributed by atoms with van der Waals surface area (Å²) in [6.45, 7) is -1.48. The molecule has 0 aliphatic rings. The van der Waals surface area contributed by atoms with Crippen molar-refractivity contribution in [3.05, 3.63) is 64.5 Å². The summed E-state index contributed by atoms with van der Waals surface area (Å²) in [7, 11) is 0. The van der Waals surface area contributed by atoms with Crippen LogP contribution in [0.3, 0.4) is 0 Å². The molecule has 0 bridgehead atoms. The van der Waals surface area contributed by atoms with Crippen LogP contribution in [0.4, 0.5) is 20.6 Å². The minimum Gasteiger partial charge on any atom is -0.475 e. The van der Waals surface area contributed by atoms with Gasteiger partial charge in [-0.3, -0.25) is 20.2 Å². The molecule has 10 nitrogen and oxygen atoms in total. The van der Waals surface area contributed by atoms with Crippen molar-refractivity contribution in [2.75, 3.05) is 18.5 Å². The van der Waals surface area contributed by atoms with E-state index in [0.29, 0.717) is 0 Å². The topological polar surface area (TPSA) is 137 Å². The van der Waals surface area contributed by atoms with Crippen LogP contribution in [0.5, 0.6) is 5.75 Å². The average molecular weight is 391 g/mol. The van der Waals surface area contributed by atoms with Gasteiger partial charge in [0.15, 0.2) is 19.0 Å². The van der Waals surface area contributed by atoms with Crippen LogP contribution in [0, 0.1) is 15.9 Å². The first-order valence-corrected chi connectivity index (χ1v) is 7.74. The van der Waals surface area contributed by atoms with E-state index in [1.54, 1.807) is 0 Å². The summed E-state index contributed by atoms with van der Waals surface area (Å²) in [5.74, 6) is -2.78. The second kappa shape index (κ2) is 9.62. The number of anilines is 1. The third kappa shape index (κ3) is 6.05. The quantitative estimate of drug-likeness (QED) is 0.418. The van der Waals surface area contributed by atoms with Crippen molar-refractivity contribution in [3.63, 3.8) is 0 Å². The van der Waals surface area contributed by atoms with Crippen LogP contribution >= 0.6 is 0 Å². The van der Waals surface area contributed by atoms with Crippen molar-refractivity contribution in [2.45, 2.75) is 0 Å². The molecule has 0 fully saturated rings. The Bertz CT molecular complexity index is 904. The molecule has 0 heterocycles. The molecule has 0 atom stereocenters. The number of nitro groups is 1. The first-order chi connectivity index (χ1) is 13.4. The summed E-state index contributed by atoms with van der Waals surface area (Å²) in [5.41, 5.74) is -0.472. The van der Waals surface area contributed by atoms with Crippen LogP contribution in [-0.4, -0.2) is 36.0 Å². The van der Waals surface area contributed by atoms with Gasteiger partial charge in [0.05, 0.1) is 10.6 Å². The third-order valence-electron chi connectivity index (χ3n) is 3.15. The number of imide groups is 1. The van der Waals surface area contributed by atoms with Crippen molar-refractivity contribution in [3.8, 4) is 5.75 Å². The number of esters is 1. The van der Waals surface area contributed by atoms with Crippen molar-refractivity contribution in [2.24, 2.45) is 0 Å². The van der Waals surface area contributed by atoms with Crippen molar-refractivity contribution < 1.29 is 33.2 Å². The lowest BCUT2D eigenvalue weighted by atomic mass is 10.3. The number of halogens is 1. The predicted molar refractivity (Wildman–Crippen MR) is 93.1 cm³/mol. The van der Waals surface area contributed by atoms with Crippen LogP contribution < -0.4 is 15.4 Å². The summed E-state index contributed by atoms with van der Waals surface area (Å²) in [5, 5.41) is 14.8. The lowest BCUT2D eigenvalue weighted by Crippen LogP contribution is -2.37. The van der Waals surface area contributed by atoms with Crippen LogP contribution in [-0.2, 0) is 14.3 Å². The number of carbonyl (C=O) groups is 3. The molecule has 0 saturated heterocycles. The normalized spacial score (nSPS) is 9.89. The van der Waals surface area contributed by atoms with E-state index in [2.05, 4.69) is 10.1 Å². The highest BCUT2D eigenvalue weighted by molar-refractivity contribution is 6.01. The maximum Gasteiger partial charge on any atom is 0.344 e. The highest BCUT2D eigenvalue weighted by Gasteiger charge is 2.16. The Morgan fingerprint density at radius 3 is 2.43 bits per heavy atom. The molecule has 0 saturated carbocycles. The molecule has 3 amide bonds. The van der Waals surface area contributed by atoms with Crippen LogP contribution in [0.2, 0.25) is 0 Å². The van der Waals surface area contributed by atoms with Crippen LogP contribution in [0.1, 0.15) is 0 Å². The zero-order chi connectivity index (χ0) is 20.5. The molecule has 2 N–H and O–H groups in total. The lowest BCUT2D eigenvalue weighted by Gasteiger charge is -2.09. The third-order valence-corrected chi connectivity index (χ3v) is 3.15. The van der Waals surface area contributed by atoms with E-state index >= 15 is 0 Å². The van der Waals surface area contributed by atoms with Gasteiger partial charge in [0, 0.05) is 6.07 Å². The van der Waals surface area contributed by atoms with Gasteiger partial charge < -0.3 is 14.8 Å². The molecule has 0 unspecified atom stereocenters. The minimum absolute atomic E-state index is 0.136. The van der Waals surface area contributed by atoms with E-state index in [1.807, 2.05) is 5.32 Å². The molecule has 0 spiro atoms. The lowest BCUT2D eigenvalue weighted by molar-refractivity contribution is -0.385. The number of ether oxygens (including phenoxy) is 2. The molecule has 11 heteroatoms. The Morgan fingerprint density at radius 1 is 1.04 bits per heavy atom. The highest BCUT2D eigenvalue weighted by Crippen LogP contribution is 2.25.